The Balaban J connectivity index is 2.88. The zero-order valence-corrected chi connectivity index (χ0v) is 22.9. The quantitative estimate of drug-likeness (QED) is 0.0770. The van der Waals surface area contributed by atoms with Gasteiger partial charge < -0.3 is 55.8 Å². The maximum atomic E-state index is 11.9. The molecule has 0 amide bonds. The van der Waals surface area contributed by atoms with Crippen molar-refractivity contribution in [1.29, 1.82) is 0 Å². The number of aliphatic hydroxyl groups excluding tert-OH is 10. The van der Waals surface area contributed by atoms with Gasteiger partial charge in [0.15, 0.2) is 5.12 Å². The van der Waals surface area contributed by atoms with Gasteiger partial charge >= 0.3 is 0 Å². The van der Waals surface area contributed by atoms with Crippen molar-refractivity contribution in [2.45, 2.75) is 68.4 Å². The molecule has 0 heterocycles. The minimum atomic E-state index is -1.87. The Bertz CT molecular complexity index is 804. The molecule has 0 aliphatic rings. The molecule has 0 bridgehead atoms. The molecular weight excluding hydrogens is 538 g/mol. The van der Waals surface area contributed by atoms with Gasteiger partial charge in [-0.15, -0.1) is 0 Å². The van der Waals surface area contributed by atoms with Gasteiger partial charge in [0.25, 0.3) is 0 Å². The molecule has 10 N–H and O–H groups in total. The zero-order valence-electron chi connectivity index (χ0n) is 22.1. The minimum Gasteiger partial charge on any atom is -0.492 e. The van der Waals surface area contributed by atoms with Gasteiger partial charge in [-0.2, -0.15) is 0 Å². The maximum Gasteiger partial charge on any atom is 0.191 e. The van der Waals surface area contributed by atoms with Gasteiger partial charge in [-0.05, 0) is 17.7 Å². The van der Waals surface area contributed by atoms with Gasteiger partial charge in [-0.3, -0.25) is 9.69 Å². The Hall–Kier alpha value is -1.40. The van der Waals surface area contributed by atoms with Crippen LogP contribution in [0.5, 0.6) is 5.75 Å². The number of hydrogen-bond acceptors (Lipinski definition) is 14. The number of ether oxygens (including phenoxy) is 1. The Morgan fingerprint density at radius 3 is 1.77 bits per heavy atom. The van der Waals surface area contributed by atoms with E-state index < -0.39 is 75.1 Å². The van der Waals surface area contributed by atoms with Crippen LogP contribution in [0.1, 0.15) is 19.4 Å². The summed E-state index contributed by atoms with van der Waals surface area (Å²) in [4.78, 5) is 13.2. The Morgan fingerprint density at radius 2 is 1.31 bits per heavy atom. The lowest BCUT2D eigenvalue weighted by Crippen LogP contribution is -2.53. The van der Waals surface area contributed by atoms with E-state index in [9.17, 15) is 45.6 Å². The largest absolute Gasteiger partial charge is 0.492 e. The summed E-state index contributed by atoms with van der Waals surface area (Å²) in [5.74, 6) is 0.844. The smallest absolute Gasteiger partial charge is 0.191 e. The van der Waals surface area contributed by atoms with E-state index in [1.807, 2.05) is 19.9 Å². The van der Waals surface area contributed by atoms with E-state index in [0.717, 1.165) is 5.56 Å². The van der Waals surface area contributed by atoms with Crippen molar-refractivity contribution >= 4 is 16.9 Å². The molecular formula is C25H43NO12S. The molecule has 39 heavy (non-hydrogen) atoms. The molecule has 1 aromatic carbocycles. The van der Waals surface area contributed by atoms with E-state index in [1.165, 1.54) is 16.7 Å². The molecule has 0 aliphatic carbocycles. The number of benzene rings is 1. The highest BCUT2D eigenvalue weighted by Gasteiger charge is 2.34. The van der Waals surface area contributed by atoms with Crippen LogP contribution in [0.2, 0.25) is 0 Å². The summed E-state index contributed by atoms with van der Waals surface area (Å²) in [7, 11) is 0. The number of hydrogen-bond donors (Lipinski definition) is 10. The Morgan fingerprint density at radius 1 is 0.821 bits per heavy atom. The number of thioether (sulfide) groups is 1. The van der Waals surface area contributed by atoms with Crippen LogP contribution in [0.3, 0.4) is 0 Å². The van der Waals surface area contributed by atoms with E-state index in [2.05, 4.69) is 0 Å². The van der Waals surface area contributed by atoms with E-state index in [0.29, 0.717) is 11.5 Å². The van der Waals surface area contributed by atoms with Crippen LogP contribution in [0.4, 0.5) is 0 Å². The minimum absolute atomic E-state index is 0.00319. The topological polar surface area (TPSA) is 232 Å². The van der Waals surface area contributed by atoms with Gasteiger partial charge in [-0.25, -0.2) is 0 Å². The molecule has 0 radical (unpaired) electrons. The number of carbonyl (C=O) groups excluding carboxylic acids is 1. The second-order valence-electron chi connectivity index (χ2n) is 9.61. The van der Waals surface area contributed by atoms with Crippen LogP contribution in [0, 0.1) is 5.92 Å². The molecule has 0 spiro atoms. The second kappa shape index (κ2) is 18.1. The summed E-state index contributed by atoms with van der Waals surface area (Å²) < 4.78 is 5.75. The average Bonchev–Trinajstić information content (AvgIpc) is 2.93. The van der Waals surface area contributed by atoms with Crippen LogP contribution in [0.15, 0.2) is 24.3 Å². The van der Waals surface area contributed by atoms with Crippen LogP contribution >= 0.6 is 11.8 Å². The van der Waals surface area contributed by atoms with Gasteiger partial charge in [0.1, 0.15) is 49.0 Å². The van der Waals surface area contributed by atoms with Crippen molar-refractivity contribution in [2.24, 2.45) is 5.92 Å². The molecule has 13 nitrogen and oxygen atoms in total. The van der Waals surface area contributed by atoms with E-state index in [4.69, 9.17) is 14.9 Å². The number of nitrogens with zero attached hydrogens (tertiary/aromatic N) is 1. The fourth-order valence-corrected chi connectivity index (χ4v) is 4.29. The summed E-state index contributed by atoms with van der Waals surface area (Å²) in [5, 5.41) is 98.0. The summed E-state index contributed by atoms with van der Waals surface area (Å²) in [6, 6.07) is 7.04. The lowest BCUT2D eigenvalue weighted by atomic mass is 10.0. The molecule has 1 rings (SSSR count). The van der Waals surface area contributed by atoms with Gasteiger partial charge in [-0.1, -0.05) is 37.7 Å². The van der Waals surface area contributed by atoms with Crippen molar-refractivity contribution < 1.29 is 60.6 Å². The molecule has 14 heteroatoms. The average molecular weight is 582 g/mol. The molecule has 226 valence electrons. The molecule has 8 atom stereocenters. The SMILES string of the molecule is CC(C)C(=O)SCc1cccc(OCCN(CC(O)C(O)C(O)C(O)CO)CC(O)C(O)C(O)C(O)CO)c1. The first kappa shape index (κ1) is 35.6. The third-order valence-electron chi connectivity index (χ3n) is 5.97. The molecule has 0 saturated carbocycles. The lowest BCUT2D eigenvalue weighted by Gasteiger charge is -2.33. The fraction of sp³-hybridized carbons (Fsp3) is 0.720. The van der Waals surface area contributed by atoms with Crippen molar-refractivity contribution in [3.05, 3.63) is 29.8 Å². The second-order valence-corrected chi connectivity index (χ2v) is 10.6. The Labute approximate surface area is 231 Å². The summed E-state index contributed by atoms with van der Waals surface area (Å²) in [6.07, 6.45) is -14.3. The van der Waals surface area contributed by atoms with Gasteiger partial charge in [0.2, 0.25) is 0 Å². The van der Waals surface area contributed by atoms with E-state index in [-0.39, 0.29) is 24.2 Å². The normalized spacial score (nSPS) is 18.3. The van der Waals surface area contributed by atoms with Gasteiger partial charge in [0, 0.05) is 31.3 Å². The predicted molar refractivity (Wildman–Crippen MR) is 142 cm³/mol. The molecule has 8 unspecified atom stereocenters. The number of carbonyl (C=O) groups is 1. The van der Waals surface area contributed by atoms with Crippen LogP contribution in [-0.2, 0) is 10.5 Å². The molecule has 1 aromatic rings. The molecule has 0 aliphatic heterocycles. The third-order valence-corrected chi connectivity index (χ3v) is 7.20. The first-order valence-electron chi connectivity index (χ1n) is 12.6. The highest BCUT2D eigenvalue weighted by atomic mass is 32.2. The zero-order chi connectivity index (χ0) is 29.7. The van der Waals surface area contributed by atoms with Crippen molar-refractivity contribution in [2.75, 3.05) is 39.5 Å². The fourth-order valence-electron chi connectivity index (χ4n) is 3.47. The summed E-state index contributed by atoms with van der Waals surface area (Å²) >= 11 is 1.19. The number of rotatable bonds is 19. The van der Waals surface area contributed by atoms with Crippen LogP contribution < -0.4 is 4.74 Å². The van der Waals surface area contributed by atoms with Crippen LogP contribution in [-0.4, -0.2) is 149 Å². The summed E-state index contributed by atoms with van der Waals surface area (Å²) in [6.45, 7) is 1.14. The first-order chi connectivity index (χ1) is 18.3. The number of aliphatic hydroxyl groups is 10. The highest BCUT2D eigenvalue weighted by molar-refractivity contribution is 8.13. The van der Waals surface area contributed by atoms with Crippen molar-refractivity contribution in [1.82, 2.24) is 4.90 Å². The maximum absolute atomic E-state index is 11.9. The monoisotopic (exact) mass is 581 g/mol. The molecule has 0 saturated heterocycles. The van der Waals surface area contributed by atoms with E-state index >= 15 is 0 Å². The summed E-state index contributed by atoms with van der Waals surface area (Å²) in [5.41, 5.74) is 0.855. The highest BCUT2D eigenvalue weighted by Crippen LogP contribution is 2.21. The standard InChI is InChI=1S/C25H43NO12S/c1-14(2)25(37)39-13-15-4-3-5-16(8-15)38-7-6-26(9-17(29)21(33)23(35)19(31)11-27)10-18(30)22(34)24(36)20(32)12-28/h3-5,8,14,17-24,27-36H,6-7,9-13H2,1-2H3. The van der Waals surface area contributed by atoms with Crippen LogP contribution in [0.25, 0.3) is 0 Å². The Kier molecular flexibility index (Phi) is 16.5. The van der Waals surface area contributed by atoms with E-state index in [1.54, 1.807) is 18.2 Å². The lowest BCUT2D eigenvalue weighted by molar-refractivity contribution is -0.130. The van der Waals surface area contributed by atoms with Crippen molar-refractivity contribution in [3.8, 4) is 5.75 Å². The third kappa shape index (κ3) is 12.3. The van der Waals surface area contributed by atoms with Gasteiger partial charge in [0.05, 0.1) is 25.4 Å². The molecule has 0 fully saturated rings. The van der Waals surface area contributed by atoms with Crippen molar-refractivity contribution in [3.63, 3.8) is 0 Å². The predicted octanol–water partition coefficient (Wildman–Crippen LogP) is -3.34. The first-order valence-corrected chi connectivity index (χ1v) is 13.6. The molecule has 0 aromatic heterocycles.